The number of halogens is 1. The number of nitrogens with zero attached hydrogens (tertiary/aromatic N) is 1. The molecule has 0 amide bonds. The van der Waals surface area contributed by atoms with Crippen molar-refractivity contribution in [1.82, 2.24) is 10.3 Å². The zero-order valence-electron chi connectivity index (χ0n) is 9.87. The van der Waals surface area contributed by atoms with E-state index >= 15 is 0 Å². The zero-order valence-corrected chi connectivity index (χ0v) is 12.8. The summed E-state index contributed by atoms with van der Waals surface area (Å²) in [6.45, 7) is 5.17. The number of rotatable bonds is 5. The second-order valence-corrected chi connectivity index (χ2v) is 6.92. The van der Waals surface area contributed by atoms with E-state index in [-0.39, 0.29) is 0 Å². The Morgan fingerprint density at radius 3 is 3.00 bits per heavy atom. The maximum Gasteiger partial charge on any atom is 0.196 e. The fraction of sp³-hybridized carbons (Fsp3) is 0.417. The zero-order chi connectivity index (χ0) is 12.3. The van der Waals surface area contributed by atoms with Crippen LogP contribution in [0.5, 0.6) is 0 Å². The molecule has 0 unspecified atom stereocenters. The molecule has 17 heavy (non-hydrogen) atoms. The van der Waals surface area contributed by atoms with Crippen molar-refractivity contribution in [2.24, 2.45) is 0 Å². The molecule has 2 rings (SSSR count). The highest BCUT2D eigenvalue weighted by Crippen LogP contribution is 2.27. The largest absolute Gasteiger partial charge is 0.441 e. The van der Waals surface area contributed by atoms with Crippen molar-refractivity contribution in [3.63, 3.8) is 0 Å². The molecule has 1 N–H and O–H groups in total. The lowest BCUT2D eigenvalue weighted by molar-refractivity contribution is 0.485. The Balaban J connectivity index is 1.96. The van der Waals surface area contributed by atoms with Crippen molar-refractivity contribution in [3.8, 4) is 11.3 Å². The van der Waals surface area contributed by atoms with Crippen LogP contribution in [0.25, 0.3) is 11.3 Å². The molecule has 5 heteroatoms. The molecule has 0 spiro atoms. The van der Waals surface area contributed by atoms with E-state index in [2.05, 4.69) is 58.2 Å². The van der Waals surface area contributed by atoms with Crippen molar-refractivity contribution in [2.45, 2.75) is 26.3 Å². The Labute approximate surface area is 119 Å². The first-order valence-electron chi connectivity index (χ1n) is 5.57. The lowest BCUT2D eigenvalue weighted by Crippen LogP contribution is -2.24. The van der Waals surface area contributed by atoms with Gasteiger partial charge in [-0.1, -0.05) is 13.8 Å². The summed E-state index contributed by atoms with van der Waals surface area (Å²) in [7, 11) is 0. The molecule has 92 valence electrons. The fourth-order valence-electron chi connectivity index (χ4n) is 1.47. The molecule has 0 aromatic carbocycles. The first-order valence-corrected chi connectivity index (χ1v) is 7.53. The fourth-order valence-corrected chi connectivity index (χ4v) is 2.80. The lowest BCUT2D eigenvalue weighted by Gasteiger charge is -2.05. The third-order valence-corrected chi connectivity index (χ3v) is 4.09. The SMILES string of the molecule is CC(C)NCCc1ncc(-c2csc(I)c2)o1. The van der Waals surface area contributed by atoms with E-state index in [1.165, 1.54) is 2.88 Å². The number of aromatic nitrogens is 1. The first kappa shape index (κ1) is 13.0. The third-order valence-electron chi connectivity index (χ3n) is 2.30. The Kier molecular flexibility index (Phi) is 4.58. The summed E-state index contributed by atoms with van der Waals surface area (Å²) in [6.07, 6.45) is 2.64. The number of thiophene rings is 1. The molecule has 0 atom stereocenters. The molecule has 0 saturated carbocycles. The summed E-state index contributed by atoms with van der Waals surface area (Å²) in [6, 6.07) is 2.62. The normalized spacial score (nSPS) is 11.3. The molecule has 2 aromatic heterocycles. The van der Waals surface area contributed by atoms with Gasteiger partial charge < -0.3 is 9.73 Å². The van der Waals surface area contributed by atoms with Crippen LogP contribution in [0.15, 0.2) is 22.1 Å². The van der Waals surface area contributed by atoms with Crippen LogP contribution in [0.4, 0.5) is 0 Å². The Morgan fingerprint density at radius 2 is 2.35 bits per heavy atom. The van der Waals surface area contributed by atoms with Crippen LogP contribution >= 0.6 is 33.9 Å². The van der Waals surface area contributed by atoms with Gasteiger partial charge in [0.2, 0.25) is 0 Å². The van der Waals surface area contributed by atoms with Gasteiger partial charge in [-0.3, -0.25) is 0 Å². The van der Waals surface area contributed by atoms with Crippen LogP contribution < -0.4 is 5.32 Å². The quantitative estimate of drug-likeness (QED) is 0.827. The smallest absolute Gasteiger partial charge is 0.196 e. The third kappa shape index (κ3) is 3.79. The van der Waals surface area contributed by atoms with Crippen LogP contribution in [-0.2, 0) is 6.42 Å². The molecule has 0 bridgehead atoms. The van der Waals surface area contributed by atoms with Gasteiger partial charge in [-0.25, -0.2) is 4.98 Å². The number of oxazole rings is 1. The average molecular weight is 362 g/mol. The molecule has 0 aliphatic rings. The topological polar surface area (TPSA) is 38.1 Å². The van der Waals surface area contributed by atoms with E-state index in [4.69, 9.17) is 4.42 Å². The average Bonchev–Trinajstić information content (AvgIpc) is 2.86. The number of hydrogen-bond acceptors (Lipinski definition) is 4. The Bertz CT molecular complexity index is 478. The van der Waals surface area contributed by atoms with Gasteiger partial charge in [0.1, 0.15) is 0 Å². The van der Waals surface area contributed by atoms with Crippen LogP contribution in [0, 0.1) is 2.88 Å². The predicted molar refractivity (Wildman–Crippen MR) is 79.4 cm³/mol. The summed E-state index contributed by atoms with van der Waals surface area (Å²) in [5.74, 6) is 1.66. The van der Waals surface area contributed by atoms with Gasteiger partial charge in [-0.15, -0.1) is 11.3 Å². The molecule has 2 heterocycles. The monoisotopic (exact) mass is 362 g/mol. The van der Waals surface area contributed by atoms with Gasteiger partial charge in [0, 0.05) is 30.0 Å². The molecular formula is C12H15IN2OS. The second-order valence-electron chi connectivity index (χ2n) is 4.12. The van der Waals surface area contributed by atoms with Crippen LogP contribution in [0.2, 0.25) is 0 Å². The summed E-state index contributed by atoms with van der Waals surface area (Å²) < 4.78 is 6.98. The minimum atomic E-state index is 0.503. The molecule has 0 radical (unpaired) electrons. The van der Waals surface area contributed by atoms with Crippen molar-refractivity contribution < 1.29 is 4.42 Å². The first-order chi connectivity index (χ1) is 8.15. The highest BCUT2D eigenvalue weighted by atomic mass is 127. The van der Waals surface area contributed by atoms with Gasteiger partial charge in [0.05, 0.1) is 9.08 Å². The molecule has 0 fully saturated rings. The van der Waals surface area contributed by atoms with E-state index in [0.717, 1.165) is 30.2 Å². The maximum absolute atomic E-state index is 5.72. The number of nitrogens with one attached hydrogen (secondary N) is 1. The van der Waals surface area contributed by atoms with E-state index in [1.54, 1.807) is 11.3 Å². The van der Waals surface area contributed by atoms with Crippen LogP contribution in [-0.4, -0.2) is 17.6 Å². The minimum Gasteiger partial charge on any atom is -0.441 e. The molecule has 2 aromatic rings. The maximum atomic E-state index is 5.72. The second kappa shape index (κ2) is 5.97. The van der Waals surface area contributed by atoms with Crippen LogP contribution in [0.1, 0.15) is 19.7 Å². The molecule has 0 aliphatic heterocycles. The van der Waals surface area contributed by atoms with Crippen LogP contribution in [0.3, 0.4) is 0 Å². The summed E-state index contributed by atoms with van der Waals surface area (Å²) >= 11 is 4.03. The molecular weight excluding hydrogens is 347 g/mol. The Hall–Kier alpha value is -0.400. The van der Waals surface area contributed by atoms with Gasteiger partial charge in [0.15, 0.2) is 11.7 Å². The summed E-state index contributed by atoms with van der Waals surface area (Å²) in [5, 5.41) is 5.44. The Morgan fingerprint density at radius 1 is 1.53 bits per heavy atom. The molecule has 0 aliphatic carbocycles. The standard InChI is InChI=1S/C12H15IN2OS/c1-8(2)14-4-3-12-15-6-10(16-12)9-5-11(13)17-7-9/h5-8,14H,3-4H2,1-2H3. The lowest BCUT2D eigenvalue weighted by atomic mass is 10.3. The predicted octanol–water partition coefficient (Wildman–Crippen LogP) is 3.55. The molecule has 3 nitrogen and oxygen atoms in total. The van der Waals surface area contributed by atoms with Gasteiger partial charge >= 0.3 is 0 Å². The van der Waals surface area contributed by atoms with Gasteiger partial charge in [-0.05, 0) is 28.7 Å². The summed E-state index contributed by atoms with van der Waals surface area (Å²) in [5.41, 5.74) is 1.12. The highest BCUT2D eigenvalue weighted by molar-refractivity contribution is 14.1. The van der Waals surface area contributed by atoms with Crippen molar-refractivity contribution >= 4 is 33.9 Å². The van der Waals surface area contributed by atoms with Gasteiger partial charge in [-0.2, -0.15) is 0 Å². The van der Waals surface area contributed by atoms with Crippen molar-refractivity contribution in [2.75, 3.05) is 6.54 Å². The number of hydrogen-bond donors (Lipinski definition) is 1. The molecule has 0 saturated heterocycles. The van der Waals surface area contributed by atoms with Gasteiger partial charge in [0.25, 0.3) is 0 Å². The van der Waals surface area contributed by atoms with E-state index in [0.29, 0.717) is 6.04 Å². The van der Waals surface area contributed by atoms with Crippen molar-refractivity contribution in [3.05, 3.63) is 26.4 Å². The van der Waals surface area contributed by atoms with Crippen molar-refractivity contribution in [1.29, 1.82) is 0 Å². The highest BCUT2D eigenvalue weighted by Gasteiger charge is 2.08. The van der Waals surface area contributed by atoms with E-state index in [1.807, 2.05) is 6.20 Å². The van der Waals surface area contributed by atoms with E-state index < -0.39 is 0 Å². The summed E-state index contributed by atoms with van der Waals surface area (Å²) in [4.78, 5) is 4.29. The van der Waals surface area contributed by atoms with E-state index in [9.17, 15) is 0 Å². The minimum absolute atomic E-state index is 0.503.